The number of nitrogens with zero attached hydrogens (tertiary/aromatic N) is 1. The zero-order chi connectivity index (χ0) is 13.5. The van der Waals surface area contributed by atoms with Crippen molar-refractivity contribution in [2.75, 3.05) is 44.8 Å². The largest absolute Gasteiger partial charge is 0.467 e. The van der Waals surface area contributed by atoms with Crippen LogP contribution in [0.4, 0.5) is 0 Å². The van der Waals surface area contributed by atoms with E-state index in [1.54, 1.807) is 6.07 Å². The minimum atomic E-state index is -0.360. The molecule has 1 N–H and O–H groups in total. The van der Waals surface area contributed by atoms with E-state index in [0.717, 1.165) is 18.8 Å². The van der Waals surface area contributed by atoms with Crippen molar-refractivity contribution < 1.29 is 13.9 Å². The molecular formula is C13H20N2O3S. The van der Waals surface area contributed by atoms with E-state index in [4.69, 9.17) is 4.42 Å². The molecule has 1 aromatic rings. The Hall–Kier alpha value is -0.980. The summed E-state index contributed by atoms with van der Waals surface area (Å²) in [5.41, 5.74) is 0.465. The van der Waals surface area contributed by atoms with Crippen LogP contribution in [0, 0.1) is 0 Å². The molecule has 2 heterocycles. The van der Waals surface area contributed by atoms with Crippen molar-refractivity contribution >= 4 is 17.7 Å². The molecule has 5 nitrogen and oxygen atoms in total. The number of esters is 1. The number of rotatable bonds is 6. The van der Waals surface area contributed by atoms with Crippen LogP contribution in [0.3, 0.4) is 0 Å². The average molecular weight is 284 g/mol. The molecule has 0 radical (unpaired) electrons. The molecule has 0 saturated carbocycles. The summed E-state index contributed by atoms with van der Waals surface area (Å²) >= 11 is 2.02. The first-order valence-corrected chi connectivity index (χ1v) is 7.61. The molecular weight excluding hydrogens is 264 g/mol. The molecule has 0 bridgehead atoms. The first-order valence-electron chi connectivity index (χ1n) is 6.46. The SMILES string of the molecule is COC(=O)c1coc(CNCCN2CCSCC2)c1. The molecule has 0 unspecified atom stereocenters. The number of hydrogen-bond acceptors (Lipinski definition) is 6. The molecule has 1 fully saturated rings. The van der Waals surface area contributed by atoms with Crippen LogP contribution < -0.4 is 5.32 Å². The fraction of sp³-hybridized carbons (Fsp3) is 0.615. The number of methoxy groups -OCH3 is 1. The van der Waals surface area contributed by atoms with Gasteiger partial charge in [0, 0.05) is 37.7 Å². The smallest absolute Gasteiger partial charge is 0.341 e. The normalized spacial score (nSPS) is 16.5. The molecule has 2 rings (SSSR count). The number of ether oxygens (including phenoxy) is 1. The van der Waals surface area contributed by atoms with Gasteiger partial charge < -0.3 is 19.4 Å². The zero-order valence-corrected chi connectivity index (χ0v) is 12.0. The predicted molar refractivity (Wildman–Crippen MR) is 75.5 cm³/mol. The summed E-state index contributed by atoms with van der Waals surface area (Å²) in [6, 6.07) is 1.72. The molecule has 1 saturated heterocycles. The van der Waals surface area contributed by atoms with Crippen LogP contribution in [0.1, 0.15) is 16.1 Å². The van der Waals surface area contributed by atoms with Gasteiger partial charge in [0.2, 0.25) is 0 Å². The van der Waals surface area contributed by atoms with E-state index in [9.17, 15) is 4.79 Å². The standard InChI is InChI=1S/C13H20N2O3S/c1-17-13(16)11-8-12(18-10-11)9-14-2-3-15-4-6-19-7-5-15/h8,10,14H,2-7,9H2,1H3. The monoisotopic (exact) mass is 284 g/mol. The van der Waals surface area contributed by atoms with Gasteiger partial charge in [-0.1, -0.05) is 0 Å². The second kappa shape index (κ2) is 7.57. The molecule has 1 aliphatic heterocycles. The van der Waals surface area contributed by atoms with Crippen LogP contribution >= 0.6 is 11.8 Å². The quantitative estimate of drug-likeness (QED) is 0.626. The van der Waals surface area contributed by atoms with Gasteiger partial charge in [0.1, 0.15) is 12.0 Å². The number of hydrogen-bond donors (Lipinski definition) is 1. The first kappa shape index (κ1) is 14.4. The van der Waals surface area contributed by atoms with Crippen LogP contribution in [0.25, 0.3) is 0 Å². The minimum absolute atomic E-state index is 0.360. The lowest BCUT2D eigenvalue weighted by Crippen LogP contribution is -2.37. The van der Waals surface area contributed by atoms with E-state index in [-0.39, 0.29) is 5.97 Å². The summed E-state index contributed by atoms with van der Waals surface area (Å²) in [6.07, 6.45) is 1.44. The predicted octanol–water partition coefficient (Wildman–Crippen LogP) is 1.20. The Morgan fingerprint density at radius 1 is 1.53 bits per heavy atom. The fourth-order valence-electron chi connectivity index (χ4n) is 1.97. The molecule has 0 amide bonds. The maximum Gasteiger partial charge on any atom is 0.341 e. The van der Waals surface area contributed by atoms with Crippen LogP contribution in [0.5, 0.6) is 0 Å². The summed E-state index contributed by atoms with van der Waals surface area (Å²) in [6.45, 7) is 4.99. The van der Waals surface area contributed by atoms with Gasteiger partial charge in [0.15, 0.2) is 0 Å². The van der Waals surface area contributed by atoms with Crippen LogP contribution in [-0.2, 0) is 11.3 Å². The molecule has 0 spiro atoms. The maximum absolute atomic E-state index is 11.3. The summed E-state index contributed by atoms with van der Waals surface area (Å²) in [4.78, 5) is 13.7. The van der Waals surface area contributed by atoms with E-state index >= 15 is 0 Å². The van der Waals surface area contributed by atoms with Crippen molar-refractivity contribution in [2.45, 2.75) is 6.54 Å². The molecule has 6 heteroatoms. The van der Waals surface area contributed by atoms with Crippen molar-refractivity contribution in [1.29, 1.82) is 0 Å². The van der Waals surface area contributed by atoms with Gasteiger partial charge in [-0.05, 0) is 6.07 Å². The number of thioether (sulfide) groups is 1. The Morgan fingerprint density at radius 3 is 3.05 bits per heavy atom. The molecule has 1 aliphatic rings. The van der Waals surface area contributed by atoms with Crippen molar-refractivity contribution in [2.24, 2.45) is 0 Å². The van der Waals surface area contributed by atoms with Gasteiger partial charge in [-0.25, -0.2) is 4.79 Å². The lowest BCUT2D eigenvalue weighted by Gasteiger charge is -2.25. The Kier molecular flexibility index (Phi) is 5.75. The Bertz CT molecular complexity index is 402. The summed E-state index contributed by atoms with van der Waals surface area (Å²) in [7, 11) is 1.37. The van der Waals surface area contributed by atoms with E-state index in [1.807, 2.05) is 11.8 Å². The Morgan fingerprint density at radius 2 is 2.32 bits per heavy atom. The molecule has 1 aromatic heterocycles. The third-order valence-electron chi connectivity index (χ3n) is 3.08. The molecule has 0 atom stereocenters. The van der Waals surface area contributed by atoms with Gasteiger partial charge in [-0.15, -0.1) is 0 Å². The first-order chi connectivity index (χ1) is 9.29. The average Bonchev–Trinajstić information content (AvgIpc) is 2.93. The third-order valence-corrected chi connectivity index (χ3v) is 4.03. The lowest BCUT2D eigenvalue weighted by atomic mass is 10.3. The number of nitrogens with one attached hydrogen (secondary N) is 1. The van der Waals surface area contributed by atoms with Crippen LogP contribution in [0.15, 0.2) is 16.7 Å². The van der Waals surface area contributed by atoms with Gasteiger partial charge in [0.05, 0.1) is 19.2 Å². The lowest BCUT2D eigenvalue weighted by molar-refractivity contribution is 0.0600. The van der Waals surface area contributed by atoms with Gasteiger partial charge in [-0.2, -0.15) is 11.8 Å². The fourth-order valence-corrected chi connectivity index (χ4v) is 2.95. The van der Waals surface area contributed by atoms with Crippen LogP contribution in [-0.4, -0.2) is 55.7 Å². The topological polar surface area (TPSA) is 54.7 Å². The molecule has 19 heavy (non-hydrogen) atoms. The van der Waals surface area contributed by atoms with Crippen molar-refractivity contribution in [1.82, 2.24) is 10.2 Å². The Labute approximate surface area is 117 Å². The van der Waals surface area contributed by atoms with Gasteiger partial charge in [0.25, 0.3) is 0 Å². The van der Waals surface area contributed by atoms with E-state index < -0.39 is 0 Å². The third kappa shape index (κ3) is 4.56. The minimum Gasteiger partial charge on any atom is -0.467 e. The summed E-state index contributed by atoms with van der Waals surface area (Å²) < 4.78 is 9.93. The highest BCUT2D eigenvalue weighted by atomic mass is 32.2. The number of furan rings is 1. The van der Waals surface area contributed by atoms with Crippen LogP contribution in [0.2, 0.25) is 0 Å². The zero-order valence-electron chi connectivity index (χ0n) is 11.2. The number of carbonyl (C=O) groups is 1. The van der Waals surface area contributed by atoms with E-state index in [2.05, 4.69) is 15.0 Å². The highest BCUT2D eigenvalue weighted by Gasteiger charge is 2.11. The van der Waals surface area contributed by atoms with Crippen molar-refractivity contribution in [3.63, 3.8) is 0 Å². The summed E-state index contributed by atoms with van der Waals surface area (Å²) in [5, 5.41) is 3.32. The summed E-state index contributed by atoms with van der Waals surface area (Å²) in [5.74, 6) is 2.87. The second-order valence-corrected chi connectivity index (χ2v) is 5.65. The van der Waals surface area contributed by atoms with Crippen molar-refractivity contribution in [3.05, 3.63) is 23.7 Å². The van der Waals surface area contributed by atoms with E-state index in [0.29, 0.717) is 12.1 Å². The van der Waals surface area contributed by atoms with Crippen molar-refractivity contribution in [3.8, 4) is 0 Å². The van der Waals surface area contributed by atoms with Gasteiger partial charge in [-0.3, -0.25) is 0 Å². The molecule has 106 valence electrons. The van der Waals surface area contributed by atoms with Gasteiger partial charge >= 0.3 is 5.97 Å². The van der Waals surface area contributed by atoms with E-state index in [1.165, 1.54) is 38.0 Å². The molecule has 0 aromatic carbocycles. The maximum atomic E-state index is 11.3. The highest BCUT2D eigenvalue weighted by molar-refractivity contribution is 7.99. The number of carbonyl (C=O) groups excluding carboxylic acids is 1. The Balaban J connectivity index is 1.65. The highest BCUT2D eigenvalue weighted by Crippen LogP contribution is 2.09. The second-order valence-electron chi connectivity index (χ2n) is 4.42. The molecule has 0 aliphatic carbocycles.